The van der Waals surface area contributed by atoms with Gasteiger partial charge in [-0.15, -0.1) is 0 Å². The van der Waals surface area contributed by atoms with Crippen LogP contribution in [0.1, 0.15) is 18.9 Å². The average Bonchev–Trinajstić information content (AvgIpc) is 2.95. The first-order chi connectivity index (χ1) is 9.67. The van der Waals surface area contributed by atoms with Gasteiger partial charge in [-0.1, -0.05) is 13.0 Å². The quantitative estimate of drug-likeness (QED) is 0.882. The van der Waals surface area contributed by atoms with Crippen molar-refractivity contribution < 1.29 is 9.59 Å². The average molecular weight is 287 g/mol. The first-order valence-electron chi connectivity index (χ1n) is 6.37. The van der Waals surface area contributed by atoms with Crippen molar-refractivity contribution in [3.05, 3.63) is 35.0 Å². The Labute approximate surface area is 120 Å². The minimum atomic E-state index is -0.331. The van der Waals surface area contributed by atoms with Gasteiger partial charge < -0.3 is 4.57 Å². The van der Waals surface area contributed by atoms with E-state index >= 15 is 0 Å². The number of rotatable bonds is 3. The molecule has 0 saturated carbocycles. The summed E-state index contributed by atoms with van der Waals surface area (Å²) in [5.74, 6) is -0.331. The van der Waals surface area contributed by atoms with Crippen molar-refractivity contribution >= 4 is 40.0 Å². The van der Waals surface area contributed by atoms with Crippen molar-refractivity contribution in [2.45, 2.75) is 19.9 Å². The summed E-state index contributed by atoms with van der Waals surface area (Å²) in [5.41, 5.74) is 2.86. The van der Waals surface area contributed by atoms with Crippen molar-refractivity contribution in [2.24, 2.45) is 0 Å². The first kappa shape index (κ1) is 12.9. The molecular formula is C14H13N3O2S. The van der Waals surface area contributed by atoms with Gasteiger partial charge in [0.1, 0.15) is 0 Å². The Morgan fingerprint density at radius 1 is 1.40 bits per heavy atom. The van der Waals surface area contributed by atoms with Gasteiger partial charge in [0.15, 0.2) is 0 Å². The van der Waals surface area contributed by atoms with Crippen LogP contribution >= 0.6 is 11.8 Å². The van der Waals surface area contributed by atoms with Crippen LogP contribution in [0.2, 0.25) is 0 Å². The van der Waals surface area contributed by atoms with Crippen molar-refractivity contribution in [2.75, 3.05) is 0 Å². The second-order valence-electron chi connectivity index (χ2n) is 4.54. The number of fused-ring (bicyclic) bond motifs is 1. The lowest BCUT2D eigenvalue weighted by Gasteiger charge is -2.02. The maximum absolute atomic E-state index is 11.5. The molecule has 1 aliphatic heterocycles. The summed E-state index contributed by atoms with van der Waals surface area (Å²) < 4.78 is 2.09. The Morgan fingerprint density at radius 3 is 2.95 bits per heavy atom. The molecule has 0 unspecified atom stereocenters. The number of benzene rings is 1. The van der Waals surface area contributed by atoms with Gasteiger partial charge in [-0.3, -0.25) is 14.9 Å². The van der Waals surface area contributed by atoms with Gasteiger partial charge in [-0.25, -0.2) is 4.98 Å². The van der Waals surface area contributed by atoms with Crippen LogP contribution in [0.4, 0.5) is 4.79 Å². The van der Waals surface area contributed by atoms with E-state index < -0.39 is 0 Å². The van der Waals surface area contributed by atoms with Gasteiger partial charge in [0.25, 0.3) is 11.1 Å². The molecule has 1 fully saturated rings. The maximum atomic E-state index is 11.5. The number of hydrogen-bond donors (Lipinski definition) is 1. The van der Waals surface area contributed by atoms with Crippen molar-refractivity contribution in [1.29, 1.82) is 0 Å². The molecule has 0 radical (unpaired) electrons. The van der Waals surface area contributed by atoms with Crippen LogP contribution in [0, 0.1) is 0 Å². The zero-order valence-electron chi connectivity index (χ0n) is 10.9. The summed E-state index contributed by atoms with van der Waals surface area (Å²) in [6.07, 6.45) is 4.59. The molecule has 102 valence electrons. The monoisotopic (exact) mass is 287 g/mol. The van der Waals surface area contributed by atoms with E-state index in [4.69, 9.17) is 0 Å². The molecule has 2 heterocycles. The smallest absolute Gasteiger partial charge is 0.290 e. The molecule has 1 aromatic heterocycles. The molecule has 1 aliphatic rings. The van der Waals surface area contributed by atoms with E-state index in [1.54, 1.807) is 6.08 Å². The lowest BCUT2D eigenvalue weighted by molar-refractivity contribution is -0.115. The second kappa shape index (κ2) is 5.13. The molecule has 3 rings (SSSR count). The molecule has 1 aromatic carbocycles. The number of amides is 2. The third kappa shape index (κ3) is 2.34. The molecule has 1 N–H and O–H groups in total. The Kier molecular flexibility index (Phi) is 3.31. The Morgan fingerprint density at radius 2 is 2.25 bits per heavy atom. The molecule has 0 atom stereocenters. The van der Waals surface area contributed by atoms with Gasteiger partial charge in [0, 0.05) is 6.54 Å². The van der Waals surface area contributed by atoms with Crippen LogP contribution in [-0.2, 0) is 11.3 Å². The zero-order valence-corrected chi connectivity index (χ0v) is 11.7. The van der Waals surface area contributed by atoms with Crippen molar-refractivity contribution in [3.63, 3.8) is 0 Å². The number of imide groups is 1. The van der Waals surface area contributed by atoms with Crippen LogP contribution in [0.5, 0.6) is 0 Å². The fourth-order valence-corrected chi connectivity index (χ4v) is 2.84. The Hall–Kier alpha value is -2.08. The molecule has 0 spiro atoms. The maximum Gasteiger partial charge on any atom is 0.290 e. The molecular weight excluding hydrogens is 274 g/mol. The number of aryl methyl sites for hydroxylation is 1. The largest absolute Gasteiger partial charge is 0.331 e. The SMILES string of the molecule is CCCn1cnc2ccc(/C=C3/SC(=O)NC3=O)cc21. The summed E-state index contributed by atoms with van der Waals surface area (Å²) in [5, 5.41) is 1.93. The van der Waals surface area contributed by atoms with Gasteiger partial charge in [0.2, 0.25) is 0 Å². The predicted octanol–water partition coefficient (Wildman–Crippen LogP) is 2.77. The summed E-state index contributed by atoms with van der Waals surface area (Å²) in [7, 11) is 0. The van der Waals surface area contributed by atoms with Crippen molar-refractivity contribution in [3.8, 4) is 0 Å². The molecule has 2 amide bonds. The summed E-state index contributed by atoms with van der Waals surface area (Å²) in [6.45, 7) is 3.02. The second-order valence-corrected chi connectivity index (χ2v) is 5.55. The van der Waals surface area contributed by atoms with E-state index in [2.05, 4.69) is 21.8 Å². The molecule has 1 saturated heterocycles. The molecule has 2 aromatic rings. The standard InChI is InChI=1S/C14H13N3O2S/c1-2-5-17-8-15-10-4-3-9(6-11(10)17)7-12-13(18)16-14(19)20-12/h3-4,6-8H,2,5H2,1H3,(H,16,18,19)/b12-7+. The molecule has 5 nitrogen and oxygen atoms in total. The number of carbonyl (C=O) groups is 2. The molecule has 0 bridgehead atoms. The minimum Gasteiger partial charge on any atom is -0.331 e. The van der Waals surface area contributed by atoms with E-state index in [9.17, 15) is 9.59 Å². The number of aromatic nitrogens is 2. The summed E-state index contributed by atoms with van der Waals surface area (Å²) in [6, 6.07) is 5.81. The van der Waals surface area contributed by atoms with Crippen LogP contribution in [0.3, 0.4) is 0 Å². The van der Waals surface area contributed by atoms with Crippen molar-refractivity contribution in [1.82, 2.24) is 14.9 Å². The van der Waals surface area contributed by atoms with Crippen LogP contribution in [0.25, 0.3) is 17.1 Å². The summed E-state index contributed by atoms with van der Waals surface area (Å²) in [4.78, 5) is 27.4. The fraction of sp³-hybridized carbons (Fsp3) is 0.214. The molecule has 6 heteroatoms. The van der Waals surface area contributed by atoms with E-state index in [1.165, 1.54) is 0 Å². The third-order valence-corrected chi connectivity index (χ3v) is 3.86. The van der Waals surface area contributed by atoms with Crippen LogP contribution in [0.15, 0.2) is 29.4 Å². The normalized spacial score (nSPS) is 17.1. The van der Waals surface area contributed by atoms with Crippen LogP contribution < -0.4 is 5.32 Å². The minimum absolute atomic E-state index is 0.321. The van der Waals surface area contributed by atoms with E-state index in [0.717, 1.165) is 41.3 Å². The molecule has 0 aliphatic carbocycles. The van der Waals surface area contributed by atoms with Gasteiger partial charge in [0.05, 0.1) is 22.3 Å². The highest BCUT2D eigenvalue weighted by atomic mass is 32.2. The van der Waals surface area contributed by atoms with E-state index in [0.29, 0.717) is 4.91 Å². The fourth-order valence-electron chi connectivity index (χ4n) is 2.16. The number of thioether (sulfide) groups is 1. The number of imidazole rings is 1. The third-order valence-electron chi connectivity index (χ3n) is 3.05. The van der Waals surface area contributed by atoms with E-state index in [1.807, 2.05) is 24.5 Å². The number of nitrogens with zero attached hydrogens (tertiary/aromatic N) is 2. The summed E-state index contributed by atoms with van der Waals surface area (Å²) >= 11 is 0.930. The van der Waals surface area contributed by atoms with E-state index in [-0.39, 0.29) is 11.1 Å². The number of carbonyl (C=O) groups excluding carboxylic acids is 2. The van der Waals surface area contributed by atoms with Gasteiger partial charge >= 0.3 is 0 Å². The Balaban J connectivity index is 2.00. The van der Waals surface area contributed by atoms with Gasteiger partial charge in [-0.2, -0.15) is 0 Å². The predicted molar refractivity (Wildman–Crippen MR) is 79.1 cm³/mol. The highest BCUT2D eigenvalue weighted by molar-refractivity contribution is 8.18. The highest BCUT2D eigenvalue weighted by Gasteiger charge is 2.24. The number of hydrogen-bond acceptors (Lipinski definition) is 4. The zero-order chi connectivity index (χ0) is 14.1. The van der Waals surface area contributed by atoms with Gasteiger partial charge in [-0.05, 0) is 42.0 Å². The topological polar surface area (TPSA) is 64.0 Å². The van der Waals surface area contributed by atoms with Crippen LogP contribution in [-0.4, -0.2) is 20.7 Å². The lowest BCUT2D eigenvalue weighted by Crippen LogP contribution is -2.17. The lowest BCUT2D eigenvalue weighted by atomic mass is 10.2. The highest BCUT2D eigenvalue weighted by Crippen LogP contribution is 2.26. The Bertz CT molecular complexity index is 733. The first-order valence-corrected chi connectivity index (χ1v) is 7.19. The number of nitrogens with one attached hydrogen (secondary N) is 1. The molecule has 20 heavy (non-hydrogen) atoms.